The number of benzene rings is 1. The number of halogens is 1. The average molecular weight is 418 g/mol. The largest absolute Gasteiger partial charge is 0.426 e. The molecule has 7 nitrogen and oxygen atoms in total. The fraction of sp³-hybridized carbons (Fsp3) is 0.222. The summed E-state index contributed by atoms with van der Waals surface area (Å²) in [5.74, 6) is -0.740. The van der Waals surface area contributed by atoms with Crippen molar-refractivity contribution in [3.8, 4) is 5.75 Å². The zero-order chi connectivity index (χ0) is 19.0. The normalized spacial score (nSPS) is 14.4. The zero-order valence-corrected chi connectivity index (χ0v) is 16.0. The first-order chi connectivity index (χ1) is 12.3. The Labute approximate surface area is 158 Å². The molecule has 0 spiro atoms. The van der Waals surface area contributed by atoms with E-state index < -0.39 is 17.8 Å². The minimum Gasteiger partial charge on any atom is -0.426 e. The molecule has 0 atom stereocenters. The average Bonchev–Trinajstić information content (AvgIpc) is 2.79. The number of rotatable bonds is 4. The van der Waals surface area contributed by atoms with Gasteiger partial charge in [0, 0.05) is 33.5 Å². The quantitative estimate of drug-likeness (QED) is 0.605. The van der Waals surface area contributed by atoms with Crippen molar-refractivity contribution in [3.05, 3.63) is 39.9 Å². The van der Waals surface area contributed by atoms with Gasteiger partial charge in [-0.05, 0) is 32.0 Å². The molecule has 3 rings (SSSR count). The Hall–Kier alpha value is -2.74. The molecule has 0 saturated heterocycles. The molecule has 2 aromatic rings. The van der Waals surface area contributed by atoms with Crippen LogP contribution >= 0.6 is 15.9 Å². The van der Waals surface area contributed by atoms with Crippen LogP contribution in [0.2, 0.25) is 0 Å². The van der Waals surface area contributed by atoms with E-state index in [-0.39, 0.29) is 12.2 Å². The first-order valence-electron chi connectivity index (χ1n) is 7.95. The van der Waals surface area contributed by atoms with Crippen molar-refractivity contribution < 1.29 is 19.1 Å². The molecule has 1 N–H and O–H groups in total. The number of nitrogens with zero attached hydrogens (tertiary/aromatic N) is 2. The third-order valence-corrected chi connectivity index (χ3v) is 4.58. The summed E-state index contributed by atoms with van der Waals surface area (Å²) in [6.07, 6.45) is 0.217. The molecule has 0 unspecified atom stereocenters. The van der Waals surface area contributed by atoms with Crippen LogP contribution in [-0.4, -0.2) is 27.8 Å². The number of hydrogen-bond acceptors (Lipinski definition) is 6. The first kappa shape index (κ1) is 18.1. The van der Waals surface area contributed by atoms with Gasteiger partial charge < -0.3 is 4.74 Å². The fourth-order valence-electron chi connectivity index (χ4n) is 2.47. The third-order valence-electron chi connectivity index (χ3n) is 4.08. The Morgan fingerprint density at radius 2 is 1.85 bits per heavy atom. The van der Waals surface area contributed by atoms with E-state index in [9.17, 15) is 14.4 Å². The molecule has 0 fully saturated rings. The maximum Gasteiger partial charge on any atom is 0.310 e. The van der Waals surface area contributed by atoms with Crippen molar-refractivity contribution in [1.82, 2.24) is 9.99 Å². The number of aromatic nitrogens is 1. The number of esters is 1. The lowest BCUT2D eigenvalue weighted by Gasteiger charge is -2.18. The number of carbonyl (C=O) groups is 3. The first-order valence-corrected chi connectivity index (χ1v) is 8.75. The van der Waals surface area contributed by atoms with Crippen molar-refractivity contribution in [1.29, 1.82) is 0 Å². The van der Waals surface area contributed by atoms with Gasteiger partial charge in [0.25, 0.3) is 11.8 Å². The molecule has 2 heterocycles. The summed E-state index contributed by atoms with van der Waals surface area (Å²) in [4.78, 5) is 40.6. The lowest BCUT2D eigenvalue weighted by Crippen LogP contribution is -2.37. The Balaban J connectivity index is 2.02. The minimum absolute atomic E-state index is 0.217. The summed E-state index contributed by atoms with van der Waals surface area (Å²) in [6.45, 7) is 4.88. The van der Waals surface area contributed by atoms with Gasteiger partial charge in [0.05, 0.1) is 5.52 Å². The van der Waals surface area contributed by atoms with Crippen LogP contribution < -0.4 is 10.2 Å². The van der Waals surface area contributed by atoms with Gasteiger partial charge in [-0.25, -0.2) is 4.98 Å². The number of nitrogens with one attached hydrogen (secondary N) is 1. The standard InChI is InChI=1S/C18H16BrN3O4/c1-4-16(23)26-14-8-15(20-13-7-11(19)5-6-12(13)14)21-22-17(24)9(2)10(3)18(22)25/h5-8H,4H2,1-3H3,(H,20,21). The Kier molecular flexibility index (Phi) is 4.78. The SMILES string of the molecule is CCC(=O)Oc1cc(NN2C(=O)C(C)=C(C)C2=O)nc2cc(Br)ccc12. The van der Waals surface area contributed by atoms with Gasteiger partial charge in [-0.3, -0.25) is 19.8 Å². The van der Waals surface area contributed by atoms with Crippen LogP contribution in [0.3, 0.4) is 0 Å². The summed E-state index contributed by atoms with van der Waals surface area (Å²) in [5.41, 5.74) is 4.02. The predicted molar refractivity (Wildman–Crippen MR) is 99.2 cm³/mol. The highest BCUT2D eigenvalue weighted by Crippen LogP contribution is 2.31. The number of hydrogen-bond donors (Lipinski definition) is 1. The smallest absolute Gasteiger partial charge is 0.310 e. The van der Waals surface area contributed by atoms with Crippen molar-refractivity contribution in [3.63, 3.8) is 0 Å². The number of imide groups is 1. The molecule has 0 saturated carbocycles. The molecule has 134 valence electrons. The molecule has 1 aromatic heterocycles. The maximum atomic E-state index is 12.2. The van der Waals surface area contributed by atoms with E-state index in [4.69, 9.17) is 4.74 Å². The molecule has 0 radical (unpaired) electrons. The number of hydrazine groups is 1. The van der Waals surface area contributed by atoms with Crippen molar-refractivity contribution in [2.75, 3.05) is 5.43 Å². The van der Waals surface area contributed by atoms with Gasteiger partial charge in [0.1, 0.15) is 11.6 Å². The number of anilines is 1. The molecule has 2 amide bonds. The second-order valence-electron chi connectivity index (χ2n) is 5.80. The topological polar surface area (TPSA) is 88.6 Å². The molecule has 1 aromatic carbocycles. The minimum atomic E-state index is -0.434. The Morgan fingerprint density at radius 3 is 2.46 bits per heavy atom. The van der Waals surface area contributed by atoms with Crippen LogP contribution in [0.1, 0.15) is 27.2 Å². The number of carbonyl (C=O) groups excluding carboxylic acids is 3. The van der Waals surface area contributed by atoms with Gasteiger partial charge >= 0.3 is 5.97 Å². The van der Waals surface area contributed by atoms with Crippen LogP contribution in [0.25, 0.3) is 10.9 Å². The zero-order valence-electron chi connectivity index (χ0n) is 14.4. The van der Waals surface area contributed by atoms with Crippen LogP contribution in [0, 0.1) is 0 Å². The molecule has 1 aliphatic rings. The lowest BCUT2D eigenvalue weighted by atomic mass is 10.2. The highest BCUT2D eigenvalue weighted by molar-refractivity contribution is 9.10. The van der Waals surface area contributed by atoms with E-state index in [1.165, 1.54) is 6.07 Å². The highest BCUT2D eigenvalue weighted by Gasteiger charge is 2.34. The fourth-order valence-corrected chi connectivity index (χ4v) is 2.82. The summed E-state index contributed by atoms with van der Waals surface area (Å²) >= 11 is 3.38. The number of pyridine rings is 1. The highest BCUT2D eigenvalue weighted by atomic mass is 79.9. The monoisotopic (exact) mass is 417 g/mol. The van der Waals surface area contributed by atoms with E-state index >= 15 is 0 Å². The van der Waals surface area contributed by atoms with Gasteiger partial charge in [-0.2, -0.15) is 5.01 Å². The number of amides is 2. The molecule has 0 bridgehead atoms. The summed E-state index contributed by atoms with van der Waals surface area (Å²) in [6, 6.07) is 6.83. The predicted octanol–water partition coefficient (Wildman–Crippen LogP) is 3.34. The Bertz CT molecular complexity index is 960. The second kappa shape index (κ2) is 6.87. The summed E-state index contributed by atoms with van der Waals surface area (Å²) in [7, 11) is 0. The summed E-state index contributed by atoms with van der Waals surface area (Å²) in [5, 5.41) is 1.55. The van der Waals surface area contributed by atoms with Gasteiger partial charge in [0.15, 0.2) is 0 Å². The number of fused-ring (bicyclic) bond motifs is 1. The number of ether oxygens (including phenoxy) is 1. The molecule has 8 heteroatoms. The van der Waals surface area contributed by atoms with Gasteiger partial charge in [-0.15, -0.1) is 0 Å². The van der Waals surface area contributed by atoms with E-state index in [2.05, 4.69) is 26.3 Å². The van der Waals surface area contributed by atoms with Crippen molar-refractivity contribution >= 4 is 50.4 Å². The van der Waals surface area contributed by atoms with Crippen LogP contribution in [0.15, 0.2) is 39.9 Å². The molecule has 1 aliphatic heterocycles. The lowest BCUT2D eigenvalue weighted by molar-refractivity contribution is -0.136. The third kappa shape index (κ3) is 3.20. The van der Waals surface area contributed by atoms with Crippen LogP contribution in [-0.2, 0) is 14.4 Å². The maximum absolute atomic E-state index is 12.2. The Morgan fingerprint density at radius 1 is 1.19 bits per heavy atom. The van der Waals surface area contributed by atoms with E-state index in [1.54, 1.807) is 32.9 Å². The van der Waals surface area contributed by atoms with Gasteiger partial charge in [-0.1, -0.05) is 22.9 Å². The van der Waals surface area contributed by atoms with Crippen LogP contribution in [0.5, 0.6) is 5.75 Å². The molecule has 0 aliphatic carbocycles. The summed E-state index contributed by atoms with van der Waals surface area (Å²) < 4.78 is 6.18. The van der Waals surface area contributed by atoms with Crippen LogP contribution in [0.4, 0.5) is 5.82 Å². The van der Waals surface area contributed by atoms with Gasteiger partial charge in [0.2, 0.25) is 0 Å². The molecule has 26 heavy (non-hydrogen) atoms. The van der Waals surface area contributed by atoms with E-state index in [0.29, 0.717) is 27.8 Å². The van der Waals surface area contributed by atoms with E-state index in [0.717, 1.165) is 9.48 Å². The van der Waals surface area contributed by atoms with E-state index in [1.807, 2.05) is 6.07 Å². The van der Waals surface area contributed by atoms with Crippen molar-refractivity contribution in [2.24, 2.45) is 0 Å². The molecular formula is C18H16BrN3O4. The molecular weight excluding hydrogens is 402 g/mol. The second-order valence-corrected chi connectivity index (χ2v) is 6.72. The van der Waals surface area contributed by atoms with Crippen molar-refractivity contribution in [2.45, 2.75) is 27.2 Å².